The Labute approximate surface area is 184 Å². The minimum atomic E-state index is -4.85. The van der Waals surface area contributed by atoms with E-state index in [1.807, 2.05) is 0 Å². The van der Waals surface area contributed by atoms with Gasteiger partial charge in [-0.2, -0.15) is 31.4 Å². The number of halogens is 8. The van der Waals surface area contributed by atoms with E-state index in [1.165, 1.54) is 6.07 Å². The highest BCUT2D eigenvalue weighted by molar-refractivity contribution is 6.30. The predicted octanol–water partition coefficient (Wildman–Crippen LogP) is 5.32. The van der Waals surface area contributed by atoms with E-state index in [0.29, 0.717) is 11.0 Å². The van der Waals surface area contributed by atoms with Crippen LogP contribution in [0.2, 0.25) is 10.3 Å². The van der Waals surface area contributed by atoms with Crippen LogP contribution in [0.25, 0.3) is 5.65 Å². The fourth-order valence-electron chi connectivity index (χ4n) is 3.40. The number of nitrogens with one attached hydrogen (secondary N) is 1. The molecular weight excluding hydrogens is 489 g/mol. The van der Waals surface area contributed by atoms with Crippen LogP contribution in [0.1, 0.15) is 18.3 Å². The summed E-state index contributed by atoms with van der Waals surface area (Å²) in [6.45, 7) is 0.0000832. The summed E-state index contributed by atoms with van der Waals surface area (Å²) in [7, 11) is 0. The zero-order chi connectivity index (χ0) is 23.6. The Balaban J connectivity index is 1.77. The van der Waals surface area contributed by atoms with Gasteiger partial charge in [0.05, 0.1) is 17.6 Å². The van der Waals surface area contributed by atoms with Gasteiger partial charge in [0.1, 0.15) is 16.3 Å². The summed E-state index contributed by atoms with van der Waals surface area (Å²) in [4.78, 5) is 20.6. The van der Waals surface area contributed by atoms with Crippen LogP contribution in [0.3, 0.4) is 0 Å². The zero-order valence-electron chi connectivity index (χ0n) is 15.7. The molecule has 1 aliphatic rings. The average molecular weight is 499 g/mol. The molecule has 4 heterocycles. The van der Waals surface area contributed by atoms with Crippen LogP contribution in [0.15, 0.2) is 24.4 Å². The van der Waals surface area contributed by atoms with Crippen molar-refractivity contribution in [3.63, 3.8) is 0 Å². The molecule has 0 fully saturated rings. The van der Waals surface area contributed by atoms with Crippen molar-refractivity contribution >= 4 is 46.3 Å². The Morgan fingerprint density at radius 3 is 2.44 bits per heavy atom. The number of carbonyl (C=O) groups excluding carboxylic acids is 1. The highest BCUT2D eigenvalue weighted by Crippen LogP contribution is 2.50. The predicted molar refractivity (Wildman–Crippen MR) is 102 cm³/mol. The third-order valence-corrected chi connectivity index (χ3v) is 5.31. The number of anilines is 2. The number of pyridine rings is 1. The average Bonchev–Trinajstić information content (AvgIpc) is 3.17. The van der Waals surface area contributed by atoms with Gasteiger partial charge >= 0.3 is 18.4 Å². The molecule has 0 aliphatic carbocycles. The summed E-state index contributed by atoms with van der Waals surface area (Å²) in [5.41, 5.74) is -4.94. The normalized spacial score (nSPS) is 18.8. The lowest BCUT2D eigenvalue weighted by Gasteiger charge is -2.28. The molecular formula is C17H10Cl2F6N6O. The lowest BCUT2D eigenvalue weighted by atomic mass is 9.88. The van der Waals surface area contributed by atoms with Gasteiger partial charge in [0.2, 0.25) is 0 Å². The number of hydrogen-bond donors (Lipinski definition) is 1. The lowest BCUT2D eigenvalue weighted by Crippen LogP contribution is -2.46. The summed E-state index contributed by atoms with van der Waals surface area (Å²) in [5.74, 6) is 0. The van der Waals surface area contributed by atoms with Gasteiger partial charge in [0.25, 0.3) is 0 Å². The van der Waals surface area contributed by atoms with E-state index in [-0.39, 0.29) is 22.2 Å². The third-order valence-electron chi connectivity index (χ3n) is 4.93. The summed E-state index contributed by atoms with van der Waals surface area (Å²) in [6, 6.07) is 1.56. The molecule has 2 amide bonds. The number of fused-ring (bicyclic) bond motifs is 3. The Morgan fingerprint density at radius 1 is 1.12 bits per heavy atom. The van der Waals surface area contributed by atoms with Gasteiger partial charge in [-0.05, 0) is 19.1 Å². The molecule has 3 aromatic rings. The van der Waals surface area contributed by atoms with E-state index in [9.17, 15) is 31.1 Å². The molecule has 32 heavy (non-hydrogen) atoms. The van der Waals surface area contributed by atoms with Crippen LogP contribution in [0.5, 0.6) is 0 Å². The van der Waals surface area contributed by atoms with E-state index in [4.69, 9.17) is 23.2 Å². The minimum absolute atomic E-state index is 0.0298. The van der Waals surface area contributed by atoms with E-state index < -0.39 is 46.9 Å². The van der Waals surface area contributed by atoms with Crippen molar-refractivity contribution in [3.8, 4) is 0 Å². The molecule has 0 bridgehead atoms. The zero-order valence-corrected chi connectivity index (χ0v) is 17.2. The lowest BCUT2D eigenvalue weighted by molar-refractivity contribution is -0.181. The van der Waals surface area contributed by atoms with Gasteiger partial charge in [0.15, 0.2) is 10.8 Å². The molecule has 1 aliphatic heterocycles. The molecule has 0 saturated carbocycles. The van der Waals surface area contributed by atoms with Crippen molar-refractivity contribution in [3.05, 3.63) is 46.1 Å². The highest BCUT2D eigenvalue weighted by atomic mass is 35.5. The topological polar surface area (TPSA) is 75.4 Å². The second kappa shape index (κ2) is 7.10. The number of rotatable bonds is 1. The van der Waals surface area contributed by atoms with E-state index in [0.717, 1.165) is 23.7 Å². The maximum Gasteiger partial charge on any atom is 0.433 e. The van der Waals surface area contributed by atoms with E-state index >= 15 is 0 Å². The summed E-state index contributed by atoms with van der Waals surface area (Å²) >= 11 is 11.4. The number of amides is 2. The van der Waals surface area contributed by atoms with E-state index in [2.05, 4.69) is 20.4 Å². The fraction of sp³-hybridized carbons (Fsp3) is 0.294. The maximum atomic E-state index is 14.1. The molecule has 7 nitrogen and oxygen atoms in total. The first kappa shape index (κ1) is 22.4. The molecule has 170 valence electrons. The van der Waals surface area contributed by atoms with Crippen LogP contribution in [0.4, 0.5) is 42.5 Å². The third kappa shape index (κ3) is 3.58. The van der Waals surface area contributed by atoms with Crippen molar-refractivity contribution in [2.24, 2.45) is 0 Å². The molecule has 1 atom stereocenters. The molecule has 3 aromatic heterocycles. The maximum absolute atomic E-state index is 14.1. The van der Waals surface area contributed by atoms with Crippen LogP contribution < -0.4 is 10.2 Å². The Bertz CT molecular complexity index is 1240. The van der Waals surface area contributed by atoms with Gasteiger partial charge in [0, 0.05) is 18.3 Å². The quantitative estimate of drug-likeness (QED) is 0.363. The molecule has 1 unspecified atom stereocenters. The number of urea groups is 1. The summed E-state index contributed by atoms with van der Waals surface area (Å²) < 4.78 is 82.0. The standard InChI is InChI=1S/C17H10Cl2F6N6O/c1-15(17(23,24)25)6-30(8-5-26-12-4-11(19)29-31(12)13(8)15)14(32)27-7-2-9(16(20,21)22)28-10(18)3-7/h2-5H,6H2,1H3,(H,27,28,32). The van der Waals surface area contributed by atoms with Crippen molar-refractivity contribution in [2.75, 3.05) is 16.8 Å². The van der Waals surface area contributed by atoms with Gasteiger partial charge in [-0.15, -0.1) is 0 Å². The second-order valence-electron chi connectivity index (χ2n) is 7.14. The van der Waals surface area contributed by atoms with Crippen molar-refractivity contribution in [2.45, 2.75) is 24.7 Å². The number of alkyl halides is 6. The van der Waals surface area contributed by atoms with Crippen molar-refractivity contribution in [1.82, 2.24) is 19.6 Å². The fourth-order valence-corrected chi connectivity index (χ4v) is 3.78. The molecule has 0 saturated heterocycles. The molecule has 0 aromatic carbocycles. The SMILES string of the molecule is CC1(C(F)(F)F)CN(C(=O)Nc2cc(Cl)nc(C(F)(F)F)c2)c2cnc3cc(Cl)nn3c21. The largest absolute Gasteiger partial charge is 0.433 e. The Morgan fingerprint density at radius 2 is 1.81 bits per heavy atom. The number of aromatic nitrogens is 4. The molecule has 1 N–H and O–H groups in total. The van der Waals surface area contributed by atoms with Gasteiger partial charge < -0.3 is 5.32 Å². The number of carbonyl (C=O) groups is 1. The van der Waals surface area contributed by atoms with Gasteiger partial charge in [-0.25, -0.2) is 19.3 Å². The minimum Gasteiger partial charge on any atom is -0.307 e. The number of nitrogens with zero attached hydrogens (tertiary/aromatic N) is 5. The molecule has 0 radical (unpaired) electrons. The first-order valence-electron chi connectivity index (χ1n) is 8.65. The van der Waals surface area contributed by atoms with Crippen molar-refractivity contribution in [1.29, 1.82) is 0 Å². The first-order chi connectivity index (χ1) is 14.7. The van der Waals surface area contributed by atoms with Crippen molar-refractivity contribution < 1.29 is 31.1 Å². The summed E-state index contributed by atoms with van der Waals surface area (Å²) in [5, 5.41) is 5.29. The van der Waals surface area contributed by atoms with Crippen LogP contribution >= 0.6 is 23.2 Å². The smallest absolute Gasteiger partial charge is 0.307 e. The van der Waals surface area contributed by atoms with Crippen LogP contribution in [-0.4, -0.2) is 38.3 Å². The van der Waals surface area contributed by atoms with Crippen LogP contribution in [0, 0.1) is 0 Å². The first-order valence-corrected chi connectivity index (χ1v) is 9.41. The number of hydrogen-bond acceptors (Lipinski definition) is 4. The molecule has 0 spiro atoms. The van der Waals surface area contributed by atoms with Crippen LogP contribution in [-0.2, 0) is 11.6 Å². The molecule has 15 heteroatoms. The summed E-state index contributed by atoms with van der Waals surface area (Å²) in [6.07, 6.45) is -8.62. The monoisotopic (exact) mass is 498 g/mol. The van der Waals surface area contributed by atoms with Gasteiger partial charge in [-0.3, -0.25) is 4.90 Å². The highest BCUT2D eigenvalue weighted by Gasteiger charge is 2.60. The van der Waals surface area contributed by atoms with E-state index in [1.54, 1.807) is 0 Å². The van der Waals surface area contributed by atoms with Gasteiger partial charge in [-0.1, -0.05) is 23.2 Å². The second-order valence-corrected chi connectivity index (χ2v) is 7.91. The Hall–Kier alpha value is -2.80. The Kier molecular flexibility index (Phi) is 4.97. The molecule has 4 rings (SSSR count).